The van der Waals surface area contributed by atoms with Gasteiger partial charge < -0.3 is 9.47 Å². The maximum Gasteiger partial charge on any atom is 0.277 e. The van der Waals surface area contributed by atoms with Crippen LogP contribution in [-0.4, -0.2) is 30.8 Å². The number of amides is 1. The summed E-state index contributed by atoms with van der Waals surface area (Å²) in [4.78, 5) is 21.7. The van der Waals surface area contributed by atoms with Crippen molar-refractivity contribution in [2.24, 2.45) is 5.10 Å². The van der Waals surface area contributed by atoms with E-state index in [1.54, 1.807) is 24.3 Å². The zero-order valence-electron chi connectivity index (χ0n) is 12.8. The van der Waals surface area contributed by atoms with Crippen LogP contribution in [0.4, 0.5) is 5.69 Å². The molecule has 1 N–H and O–H groups in total. The Morgan fingerprint density at radius 3 is 2.50 bits per heavy atom. The molecule has 2 aromatic carbocycles. The Hall–Kier alpha value is -3.42. The highest BCUT2D eigenvalue weighted by Gasteiger charge is 2.06. The molecule has 0 atom stereocenters. The van der Waals surface area contributed by atoms with Crippen molar-refractivity contribution in [3.05, 3.63) is 64.2 Å². The van der Waals surface area contributed by atoms with E-state index in [2.05, 4.69) is 10.5 Å². The minimum Gasteiger partial charge on any atom is -0.493 e. The molecule has 0 aliphatic heterocycles. The smallest absolute Gasteiger partial charge is 0.277 e. The highest BCUT2D eigenvalue weighted by Crippen LogP contribution is 2.25. The summed E-state index contributed by atoms with van der Waals surface area (Å²) in [5, 5.41) is 14.3. The molecular weight excluding hydrogens is 314 g/mol. The number of benzene rings is 2. The molecule has 1 amide bonds. The summed E-state index contributed by atoms with van der Waals surface area (Å²) in [6, 6.07) is 12.7. The molecule has 24 heavy (non-hydrogen) atoms. The molecule has 0 radical (unpaired) electrons. The van der Waals surface area contributed by atoms with E-state index in [9.17, 15) is 14.9 Å². The van der Waals surface area contributed by atoms with Gasteiger partial charge in [-0.25, -0.2) is 5.43 Å². The predicted molar refractivity (Wildman–Crippen MR) is 87.3 cm³/mol. The lowest BCUT2D eigenvalue weighted by atomic mass is 10.2. The summed E-state index contributed by atoms with van der Waals surface area (Å²) in [7, 11) is 1.51. The molecule has 0 heterocycles. The minimum absolute atomic E-state index is 0.0126. The number of ether oxygens (including phenoxy) is 2. The third kappa shape index (κ3) is 4.80. The van der Waals surface area contributed by atoms with Crippen LogP contribution >= 0.6 is 0 Å². The molecule has 0 bridgehead atoms. The summed E-state index contributed by atoms with van der Waals surface area (Å²) < 4.78 is 10.5. The molecule has 8 nitrogen and oxygen atoms in total. The molecule has 2 rings (SSSR count). The largest absolute Gasteiger partial charge is 0.493 e. The first-order valence-electron chi connectivity index (χ1n) is 6.92. The van der Waals surface area contributed by atoms with Gasteiger partial charge in [0.2, 0.25) is 0 Å². The summed E-state index contributed by atoms with van der Waals surface area (Å²) in [5.74, 6) is 0.535. The average Bonchev–Trinajstić information content (AvgIpc) is 2.60. The quantitative estimate of drug-likeness (QED) is 0.476. The fraction of sp³-hybridized carbons (Fsp3) is 0.125. The molecule has 0 fully saturated rings. The standard InChI is InChI=1S/C16H15N3O5/c1-23-14-4-2-3-5-15(14)24-11-16(20)18-17-10-12-6-8-13(9-7-12)19(21)22/h2-10H,11H2,1H3,(H,18,20)/b17-10-. The van der Waals surface area contributed by atoms with Crippen LogP contribution < -0.4 is 14.9 Å². The molecule has 0 saturated carbocycles. The van der Waals surface area contributed by atoms with Crippen molar-refractivity contribution in [1.29, 1.82) is 0 Å². The molecule has 0 saturated heterocycles. The van der Waals surface area contributed by atoms with E-state index in [0.717, 1.165) is 0 Å². The van der Waals surface area contributed by atoms with Gasteiger partial charge in [-0.05, 0) is 29.8 Å². The Morgan fingerprint density at radius 1 is 1.21 bits per heavy atom. The third-order valence-corrected chi connectivity index (χ3v) is 2.93. The minimum atomic E-state index is -0.488. The van der Waals surface area contributed by atoms with Crippen molar-refractivity contribution in [3.8, 4) is 11.5 Å². The maximum atomic E-state index is 11.7. The molecule has 0 unspecified atom stereocenters. The monoisotopic (exact) mass is 329 g/mol. The highest BCUT2D eigenvalue weighted by atomic mass is 16.6. The number of methoxy groups -OCH3 is 1. The highest BCUT2D eigenvalue weighted by molar-refractivity contribution is 5.83. The zero-order valence-corrected chi connectivity index (χ0v) is 12.8. The van der Waals surface area contributed by atoms with Gasteiger partial charge in [0.05, 0.1) is 18.2 Å². The number of nitrogens with one attached hydrogen (secondary N) is 1. The summed E-state index contributed by atoms with van der Waals surface area (Å²) in [6.07, 6.45) is 1.38. The van der Waals surface area contributed by atoms with Gasteiger partial charge in [-0.2, -0.15) is 5.10 Å². The van der Waals surface area contributed by atoms with Crippen LogP contribution in [0.3, 0.4) is 0 Å². The van der Waals surface area contributed by atoms with Gasteiger partial charge >= 0.3 is 0 Å². The third-order valence-electron chi connectivity index (χ3n) is 2.93. The van der Waals surface area contributed by atoms with Crippen LogP contribution in [0, 0.1) is 10.1 Å². The average molecular weight is 329 g/mol. The van der Waals surface area contributed by atoms with Crippen LogP contribution in [0.5, 0.6) is 11.5 Å². The number of non-ortho nitro benzene ring substituents is 1. The second-order valence-electron chi connectivity index (χ2n) is 4.58. The normalized spacial score (nSPS) is 10.4. The summed E-state index contributed by atoms with van der Waals surface area (Å²) in [6.45, 7) is -0.224. The SMILES string of the molecule is COc1ccccc1OCC(=O)N/N=C\c1ccc([N+](=O)[O-])cc1. The number of nitro groups is 1. The van der Waals surface area contributed by atoms with Crippen LogP contribution in [0.25, 0.3) is 0 Å². The molecule has 8 heteroatoms. The van der Waals surface area contributed by atoms with Crippen LogP contribution in [0.1, 0.15) is 5.56 Å². The van der Waals surface area contributed by atoms with E-state index in [1.807, 2.05) is 0 Å². The summed E-state index contributed by atoms with van der Waals surface area (Å²) in [5.41, 5.74) is 2.91. The zero-order chi connectivity index (χ0) is 17.4. The van der Waals surface area contributed by atoms with E-state index in [4.69, 9.17) is 9.47 Å². The van der Waals surface area contributed by atoms with Gasteiger partial charge in [0, 0.05) is 12.1 Å². The Bertz CT molecular complexity index is 744. The first-order chi connectivity index (χ1) is 11.6. The fourth-order valence-electron chi connectivity index (χ4n) is 1.77. The number of hydrogen-bond acceptors (Lipinski definition) is 6. The van der Waals surface area contributed by atoms with E-state index in [-0.39, 0.29) is 12.3 Å². The topological polar surface area (TPSA) is 103 Å². The van der Waals surface area contributed by atoms with Gasteiger partial charge in [0.25, 0.3) is 11.6 Å². The lowest BCUT2D eigenvalue weighted by Gasteiger charge is -2.09. The first-order valence-corrected chi connectivity index (χ1v) is 6.92. The van der Waals surface area contributed by atoms with Crippen molar-refractivity contribution in [2.45, 2.75) is 0 Å². The van der Waals surface area contributed by atoms with Gasteiger partial charge in [-0.3, -0.25) is 14.9 Å². The lowest BCUT2D eigenvalue weighted by Crippen LogP contribution is -2.24. The molecule has 2 aromatic rings. The number of carbonyl (C=O) groups excluding carboxylic acids is 1. The first kappa shape index (κ1) is 16.9. The Labute approximate surface area is 137 Å². The molecule has 0 aromatic heterocycles. The van der Waals surface area contributed by atoms with Crippen LogP contribution in [0.2, 0.25) is 0 Å². The predicted octanol–water partition coefficient (Wildman–Crippen LogP) is 2.13. The Morgan fingerprint density at radius 2 is 1.88 bits per heavy atom. The fourth-order valence-corrected chi connectivity index (χ4v) is 1.77. The number of carbonyl (C=O) groups is 1. The van der Waals surface area contributed by atoms with Crippen molar-refractivity contribution < 1.29 is 19.2 Å². The van der Waals surface area contributed by atoms with Gasteiger partial charge in [-0.15, -0.1) is 0 Å². The van der Waals surface area contributed by atoms with Crippen LogP contribution in [-0.2, 0) is 4.79 Å². The maximum absolute atomic E-state index is 11.7. The van der Waals surface area contributed by atoms with Gasteiger partial charge in [0.15, 0.2) is 18.1 Å². The molecule has 0 spiro atoms. The van der Waals surface area contributed by atoms with Crippen molar-refractivity contribution in [1.82, 2.24) is 5.43 Å². The van der Waals surface area contributed by atoms with E-state index < -0.39 is 10.8 Å². The van der Waals surface area contributed by atoms with Gasteiger partial charge in [0.1, 0.15) is 0 Å². The van der Waals surface area contributed by atoms with E-state index in [0.29, 0.717) is 17.1 Å². The van der Waals surface area contributed by atoms with E-state index >= 15 is 0 Å². The number of hydrazone groups is 1. The second kappa shape index (κ2) is 8.28. The Balaban J connectivity index is 1.83. The number of nitrogens with zero attached hydrogens (tertiary/aromatic N) is 2. The number of rotatable bonds is 7. The molecule has 0 aliphatic rings. The van der Waals surface area contributed by atoms with Gasteiger partial charge in [-0.1, -0.05) is 12.1 Å². The molecule has 124 valence electrons. The number of nitro benzene ring substituents is 1. The summed E-state index contributed by atoms with van der Waals surface area (Å²) >= 11 is 0. The van der Waals surface area contributed by atoms with Crippen molar-refractivity contribution in [2.75, 3.05) is 13.7 Å². The van der Waals surface area contributed by atoms with Crippen LogP contribution in [0.15, 0.2) is 53.6 Å². The van der Waals surface area contributed by atoms with Crippen molar-refractivity contribution in [3.63, 3.8) is 0 Å². The lowest BCUT2D eigenvalue weighted by molar-refractivity contribution is -0.384. The van der Waals surface area contributed by atoms with E-state index in [1.165, 1.54) is 37.6 Å². The van der Waals surface area contributed by atoms with Crippen molar-refractivity contribution >= 4 is 17.8 Å². The second-order valence-corrected chi connectivity index (χ2v) is 4.58. The number of para-hydroxylation sites is 2. The molecular formula is C16H15N3O5. The molecule has 0 aliphatic carbocycles. The Kier molecular flexibility index (Phi) is 5.84. The number of hydrogen-bond donors (Lipinski definition) is 1.